The quantitative estimate of drug-likeness (QED) is 0.876. The Morgan fingerprint density at radius 1 is 1.00 bits per heavy atom. The third-order valence-electron chi connectivity index (χ3n) is 3.67. The van der Waals surface area contributed by atoms with Crippen LogP contribution in [-0.2, 0) is 10.2 Å². The van der Waals surface area contributed by atoms with Crippen LogP contribution < -0.4 is 0 Å². The Labute approximate surface area is 124 Å². The maximum absolute atomic E-state index is 10.8. The second kappa shape index (κ2) is 6.71. The normalized spacial score (nSPS) is 10.8. The lowest BCUT2D eigenvalue weighted by Crippen LogP contribution is -2.26. The molecule has 0 aliphatic rings. The summed E-state index contributed by atoms with van der Waals surface area (Å²) in [5.41, 5.74) is 1.02. The van der Waals surface area contributed by atoms with Crippen LogP contribution in [-0.4, -0.2) is 11.1 Å². The summed E-state index contributed by atoms with van der Waals surface area (Å²) in [6.07, 6.45) is 1.03. The molecular formula is C18H17NO2. The number of rotatable bonds is 6. The molecule has 0 heterocycles. The van der Waals surface area contributed by atoms with E-state index in [1.165, 1.54) is 0 Å². The van der Waals surface area contributed by atoms with E-state index < -0.39 is 11.4 Å². The zero-order valence-electron chi connectivity index (χ0n) is 11.7. The highest BCUT2D eigenvalue weighted by Gasteiger charge is 2.33. The molecule has 2 aromatic carbocycles. The lowest BCUT2D eigenvalue weighted by Gasteiger charge is -2.27. The van der Waals surface area contributed by atoms with Crippen LogP contribution in [0.2, 0.25) is 0 Å². The highest BCUT2D eigenvalue weighted by atomic mass is 16.4. The standard InChI is InChI=1S/C18H17NO2/c19-14-18(13-7-12-17(20)21,15-8-3-1-4-9-15)16-10-5-2-6-11-16/h1-6,8-11H,7,12-13H2,(H,20,21). The van der Waals surface area contributed by atoms with Crippen LogP contribution in [0.15, 0.2) is 60.7 Å². The maximum Gasteiger partial charge on any atom is 0.303 e. The highest BCUT2D eigenvalue weighted by molar-refractivity contribution is 5.66. The monoisotopic (exact) mass is 279 g/mol. The van der Waals surface area contributed by atoms with Gasteiger partial charge in [-0.2, -0.15) is 5.26 Å². The molecule has 0 saturated carbocycles. The fraction of sp³-hybridized carbons (Fsp3) is 0.222. The Hall–Kier alpha value is -2.60. The van der Waals surface area contributed by atoms with Gasteiger partial charge < -0.3 is 5.11 Å². The third-order valence-corrected chi connectivity index (χ3v) is 3.67. The van der Waals surface area contributed by atoms with Crippen LogP contribution in [0.3, 0.4) is 0 Å². The summed E-state index contributed by atoms with van der Waals surface area (Å²) in [6, 6.07) is 21.6. The lowest BCUT2D eigenvalue weighted by molar-refractivity contribution is -0.137. The molecule has 1 N–H and O–H groups in total. The van der Waals surface area contributed by atoms with Gasteiger partial charge in [0.2, 0.25) is 0 Å². The molecule has 0 unspecified atom stereocenters. The van der Waals surface area contributed by atoms with Gasteiger partial charge in [-0.3, -0.25) is 4.79 Å². The average molecular weight is 279 g/mol. The molecule has 2 aromatic rings. The molecule has 0 bridgehead atoms. The second-order valence-electron chi connectivity index (χ2n) is 5.00. The van der Waals surface area contributed by atoms with Gasteiger partial charge in [-0.15, -0.1) is 0 Å². The number of benzene rings is 2. The van der Waals surface area contributed by atoms with Gasteiger partial charge in [0.1, 0.15) is 5.41 Å². The van der Waals surface area contributed by atoms with E-state index >= 15 is 0 Å². The highest BCUT2D eigenvalue weighted by Crippen LogP contribution is 2.36. The molecule has 3 nitrogen and oxygen atoms in total. The largest absolute Gasteiger partial charge is 0.481 e. The van der Waals surface area contributed by atoms with Crippen molar-refractivity contribution in [2.24, 2.45) is 0 Å². The van der Waals surface area contributed by atoms with E-state index in [1.807, 2.05) is 60.7 Å². The van der Waals surface area contributed by atoms with E-state index in [2.05, 4.69) is 6.07 Å². The van der Waals surface area contributed by atoms with Gasteiger partial charge in [-0.05, 0) is 24.0 Å². The van der Waals surface area contributed by atoms with E-state index in [0.717, 1.165) is 11.1 Å². The molecule has 0 saturated heterocycles. The van der Waals surface area contributed by atoms with Crippen molar-refractivity contribution in [3.63, 3.8) is 0 Å². The Balaban J connectivity index is 2.42. The molecular weight excluding hydrogens is 262 g/mol. The van der Waals surface area contributed by atoms with E-state index in [-0.39, 0.29) is 6.42 Å². The predicted octanol–water partition coefficient (Wildman–Crippen LogP) is 3.75. The van der Waals surface area contributed by atoms with E-state index in [1.54, 1.807) is 0 Å². The van der Waals surface area contributed by atoms with Gasteiger partial charge >= 0.3 is 5.97 Å². The first-order valence-electron chi connectivity index (χ1n) is 6.93. The van der Waals surface area contributed by atoms with Gasteiger partial charge in [0.05, 0.1) is 6.07 Å². The Kier molecular flexibility index (Phi) is 4.73. The fourth-order valence-corrected chi connectivity index (χ4v) is 2.59. The van der Waals surface area contributed by atoms with Crippen molar-refractivity contribution in [2.75, 3.05) is 0 Å². The van der Waals surface area contributed by atoms with Crippen molar-refractivity contribution < 1.29 is 9.90 Å². The maximum atomic E-state index is 10.8. The first-order chi connectivity index (χ1) is 10.2. The summed E-state index contributed by atoms with van der Waals surface area (Å²) in [4.78, 5) is 10.8. The number of carboxylic acids is 1. The van der Waals surface area contributed by atoms with Crippen LogP contribution in [0.25, 0.3) is 0 Å². The number of carboxylic acid groups (broad SMARTS) is 1. The zero-order valence-corrected chi connectivity index (χ0v) is 11.7. The summed E-state index contributed by atoms with van der Waals surface area (Å²) in [6.45, 7) is 0. The van der Waals surface area contributed by atoms with Crippen LogP contribution in [0, 0.1) is 11.3 Å². The summed E-state index contributed by atoms with van der Waals surface area (Å²) in [5.74, 6) is -0.831. The topological polar surface area (TPSA) is 61.1 Å². The van der Waals surface area contributed by atoms with Crippen molar-refractivity contribution in [1.29, 1.82) is 5.26 Å². The molecule has 0 radical (unpaired) electrons. The fourth-order valence-electron chi connectivity index (χ4n) is 2.59. The lowest BCUT2D eigenvalue weighted by atomic mass is 9.72. The van der Waals surface area contributed by atoms with Crippen molar-refractivity contribution >= 4 is 5.97 Å². The van der Waals surface area contributed by atoms with Gasteiger partial charge in [-0.25, -0.2) is 0 Å². The number of aliphatic carboxylic acids is 1. The number of hydrogen-bond donors (Lipinski definition) is 1. The number of nitriles is 1. The van der Waals surface area contributed by atoms with E-state index in [0.29, 0.717) is 12.8 Å². The van der Waals surface area contributed by atoms with Crippen LogP contribution in [0.5, 0.6) is 0 Å². The van der Waals surface area contributed by atoms with Gasteiger partial charge in [0.15, 0.2) is 0 Å². The number of nitrogens with zero attached hydrogens (tertiary/aromatic N) is 1. The van der Waals surface area contributed by atoms with Crippen molar-refractivity contribution in [1.82, 2.24) is 0 Å². The Morgan fingerprint density at radius 3 is 1.86 bits per heavy atom. The third kappa shape index (κ3) is 3.29. The first-order valence-corrected chi connectivity index (χ1v) is 6.93. The van der Waals surface area contributed by atoms with Crippen LogP contribution >= 0.6 is 0 Å². The molecule has 0 spiro atoms. The van der Waals surface area contributed by atoms with Gasteiger partial charge in [0, 0.05) is 6.42 Å². The first kappa shape index (κ1) is 14.8. The number of carbonyl (C=O) groups is 1. The van der Waals surface area contributed by atoms with E-state index in [9.17, 15) is 10.1 Å². The minimum absolute atomic E-state index is 0.0725. The molecule has 106 valence electrons. The summed E-state index contributed by atoms with van der Waals surface area (Å²) < 4.78 is 0. The zero-order chi connectivity index (χ0) is 15.1. The SMILES string of the molecule is N#CC(CCCC(=O)O)(c1ccccc1)c1ccccc1. The molecule has 0 fully saturated rings. The summed E-state index contributed by atoms with van der Waals surface area (Å²) >= 11 is 0. The second-order valence-corrected chi connectivity index (χ2v) is 5.00. The predicted molar refractivity (Wildman–Crippen MR) is 80.8 cm³/mol. The molecule has 0 amide bonds. The van der Waals surface area contributed by atoms with Crippen LogP contribution in [0.4, 0.5) is 0 Å². The van der Waals surface area contributed by atoms with Gasteiger partial charge in [0.25, 0.3) is 0 Å². The smallest absolute Gasteiger partial charge is 0.303 e. The summed E-state index contributed by atoms with van der Waals surface area (Å²) in [7, 11) is 0. The minimum Gasteiger partial charge on any atom is -0.481 e. The Morgan fingerprint density at radius 2 is 1.48 bits per heavy atom. The van der Waals surface area contributed by atoms with Gasteiger partial charge in [-0.1, -0.05) is 60.7 Å². The molecule has 3 heteroatoms. The molecule has 0 aromatic heterocycles. The molecule has 21 heavy (non-hydrogen) atoms. The van der Waals surface area contributed by atoms with E-state index in [4.69, 9.17) is 5.11 Å². The van der Waals surface area contributed by atoms with Crippen molar-refractivity contribution in [2.45, 2.75) is 24.7 Å². The molecule has 2 rings (SSSR count). The van der Waals surface area contributed by atoms with Crippen molar-refractivity contribution in [3.05, 3.63) is 71.8 Å². The molecule has 0 aliphatic carbocycles. The van der Waals surface area contributed by atoms with Crippen LogP contribution in [0.1, 0.15) is 30.4 Å². The van der Waals surface area contributed by atoms with Crippen molar-refractivity contribution in [3.8, 4) is 6.07 Å². The average Bonchev–Trinajstić information content (AvgIpc) is 2.53. The Bertz CT molecular complexity index is 590. The minimum atomic E-state index is -0.831. The number of hydrogen-bond acceptors (Lipinski definition) is 2. The summed E-state index contributed by atoms with van der Waals surface area (Å²) in [5, 5.41) is 18.7. The molecule has 0 aliphatic heterocycles. The molecule has 0 atom stereocenters.